The van der Waals surface area contributed by atoms with Crippen molar-refractivity contribution < 1.29 is 14.4 Å². The second-order valence-electron chi connectivity index (χ2n) is 4.26. The highest BCUT2D eigenvalue weighted by molar-refractivity contribution is 6.07. The first-order valence-corrected chi connectivity index (χ1v) is 5.42. The maximum atomic E-state index is 11.7. The fraction of sp³-hybridized carbons (Fsp3) is 0.545. The SMILES string of the molecule is C#CCCC(=O)N1CCC2(C1)NC(=O)NC2=O. The predicted octanol–water partition coefficient (Wildman–Crippen LogP) is -0.790. The molecule has 0 aromatic heterocycles. The number of hydrogen-bond donors (Lipinski definition) is 2. The van der Waals surface area contributed by atoms with Crippen molar-refractivity contribution in [1.82, 2.24) is 15.5 Å². The summed E-state index contributed by atoms with van der Waals surface area (Å²) in [6.45, 7) is 0.699. The molecule has 4 amide bonds. The average molecular weight is 235 g/mol. The Bertz CT molecular complexity index is 426. The third-order valence-corrected chi connectivity index (χ3v) is 3.12. The minimum atomic E-state index is -0.928. The minimum Gasteiger partial charge on any atom is -0.340 e. The van der Waals surface area contributed by atoms with Gasteiger partial charge >= 0.3 is 6.03 Å². The molecule has 6 nitrogen and oxygen atoms in total. The van der Waals surface area contributed by atoms with Gasteiger partial charge in [0.1, 0.15) is 5.54 Å². The number of nitrogens with one attached hydrogen (secondary N) is 2. The summed E-state index contributed by atoms with van der Waals surface area (Å²) in [6, 6.07) is -0.493. The van der Waals surface area contributed by atoms with E-state index in [2.05, 4.69) is 16.6 Å². The lowest BCUT2D eigenvalue weighted by molar-refractivity contribution is -0.130. The van der Waals surface area contributed by atoms with Crippen LogP contribution in [0.1, 0.15) is 19.3 Å². The molecule has 2 rings (SSSR count). The topological polar surface area (TPSA) is 78.5 Å². The summed E-state index contributed by atoms with van der Waals surface area (Å²) in [6.07, 6.45) is 6.21. The van der Waals surface area contributed by atoms with Gasteiger partial charge in [0.25, 0.3) is 5.91 Å². The number of amides is 4. The van der Waals surface area contributed by atoms with Crippen molar-refractivity contribution in [2.45, 2.75) is 24.8 Å². The van der Waals surface area contributed by atoms with Crippen LogP contribution in [0.4, 0.5) is 4.79 Å². The number of carbonyl (C=O) groups is 3. The Labute approximate surface area is 98.7 Å². The largest absolute Gasteiger partial charge is 0.340 e. The molecule has 0 bridgehead atoms. The van der Waals surface area contributed by atoms with Gasteiger partial charge in [0.15, 0.2) is 0 Å². The Hall–Kier alpha value is -2.03. The fourth-order valence-corrected chi connectivity index (χ4v) is 2.18. The van der Waals surface area contributed by atoms with E-state index < -0.39 is 11.6 Å². The van der Waals surface area contributed by atoms with Gasteiger partial charge in [0.05, 0.1) is 6.54 Å². The maximum Gasteiger partial charge on any atom is 0.322 e. The molecule has 2 saturated heterocycles. The quantitative estimate of drug-likeness (QED) is 0.486. The number of hydrogen-bond acceptors (Lipinski definition) is 3. The molecule has 2 heterocycles. The van der Waals surface area contributed by atoms with E-state index in [1.807, 2.05) is 0 Å². The van der Waals surface area contributed by atoms with Crippen molar-refractivity contribution in [3.8, 4) is 12.3 Å². The summed E-state index contributed by atoms with van der Waals surface area (Å²) >= 11 is 0. The van der Waals surface area contributed by atoms with Gasteiger partial charge in [0.2, 0.25) is 5.91 Å². The highest BCUT2D eigenvalue weighted by atomic mass is 16.2. The normalized spacial score (nSPS) is 26.9. The number of rotatable bonds is 2. The van der Waals surface area contributed by atoms with E-state index in [0.29, 0.717) is 19.4 Å². The first-order valence-electron chi connectivity index (χ1n) is 5.42. The molecule has 0 aromatic carbocycles. The molecular formula is C11H13N3O3. The number of terminal acetylenes is 1. The Morgan fingerprint density at radius 1 is 1.53 bits per heavy atom. The van der Waals surface area contributed by atoms with E-state index in [1.54, 1.807) is 4.90 Å². The van der Waals surface area contributed by atoms with E-state index in [4.69, 9.17) is 6.42 Å². The minimum absolute atomic E-state index is 0.0752. The summed E-state index contributed by atoms with van der Waals surface area (Å²) in [5, 5.41) is 4.78. The summed E-state index contributed by atoms with van der Waals surface area (Å²) < 4.78 is 0. The van der Waals surface area contributed by atoms with Gasteiger partial charge in [0, 0.05) is 19.4 Å². The zero-order valence-corrected chi connectivity index (χ0v) is 9.28. The van der Waals surface area contributed by atoms with Crippen molar-refractivity contribution in [2.24, 2.45) is 0 Å². The monoisotopic (exact) mass is 235 g/mol. The zero-order valence-electron chi connectivity index (χ0n) is 9.28. The summed E-state index contributed by atoms with van der Waals surface area (Å²) in [5.74, 6) is 1.98. The summed E-state index contributed by atoms with van der Waals surface area (Å²) in [4.78, 5) is 36.0. The third-order valence-electron chi connectivity index (χ3n) is 3.12. The van der Waals surface area contributed by atoms with Crippen LogP contribution in [0.3, 0.4) is 0 Å². The van der Waals surface area contributed by atoms with Gasteiger partial charge in [-0.3, -0.25) is 14.9 Å². The van der Waals surface area contributed by atoms with Crippen LogP contribution in [0.2, 0.25) is 0 Å². The van der Waals surface area contributed by atoms with E-state index >= 15 is 0 Å². The lowest BCUT2D eigenvalue weighted by Gasteiger charge is -2.20. The van der Waals surface area contributed by atoms with Crippen LogP contribution >= 0.6 is 0 Å². The van der Waals surface area contributed by atoms with Gasteiger partial charge in [-0.25, -0.2) is 4.79 Å². The molecule has 0 aliphatic carbocycles. The van der Waals surface area contributed by atoms with Crippen LogP contribution in [-0.4, -0.2) is 41.4 Å². The van der Waals surface area contributed by atoms with Crippen LogP contribution in [0.15, 0.2) is 0 Å². The van der Waals surface area contributed by atoms with Crippen molar-refractivity contribution in [2.75, 3.05) is 13.1 Å². The summed E-state index contributed by atoms with van der Waals surface area (Å²) in [7, 11) is 0. The Morgan fingerprint density at radius 2 is 2.29 bits per heavy atom. The number of likely N-dealkylation sites (tertiary alicyclic amines) is 1. The molecule has 90 valence electrons. The third kappa shape index (κ3) is 1.96. The van der Waals surface area contributed by atoms with E-state index in [1.165, 1.54) is 0 Å². The number of carbonyl (C=O) groups excluding carboxylic acids is 3. The molecule has 2 aliphatic rings. The molecule has 2 N–H and O–H groups in total. The summed E-state index contributed by atoms with van der Waals surface area (Å²) in [5.41, 5.74) is -0.928. The molecule has 1 spiro atoms. The van der Waals surface area contributed by atoms with Crippen molar-refractivity contribution in [1.29, 1.82) is 0 Å². The van der Waals surface area contributed by atoms with Gasteiger partial charge in [-0.2, -0.15) is 0 Å². The van der Waals surface area contributed by atoms with Gasteiger partial charge in [-0.1, -0.05) is 0 Å². The Kier molecular flexibility index (Phi) is 2.76. The van der Waals surface area contributed by atoms with E-state index in [0.717, 1.165) is 0 Å². The highest BCUT2D eigenvalue weighted by Crippen LogP contribution is 2.25. The molecule has 0 aromatic rings. The van der Waals surface area contributed by atoms with Crippen molar-refractivity contribution >= 4 is 17.8 Å². The average Bonchev–Trinajstić information content (AvgIpc) is 2.81. The van der Waals surface area contributed by atoms with Crippen molar-refractivity contribution in [3.63, 3.8) is 0 Å². The van der Waals surface area contributed by atoms with E-state index in [9.17, 15) is 14.4 Å². The maximum absolute atomic E-state index is 11.7. The highest BCUT2D eigenvalue weighted by Gasteiger charge is 2.51. The molecule has 0 radical (unpaired) electrons. The molecule has 2 fully saturated rings. The molecular weight excluding hydrogens is 222 g/mol. The molecule has 17 heavy (non-hydrogen) atoms. The second kappa shape index (κ2) is 4.09. The van der Waals surface area contributed by atoms with Crippen LogP contribution in [0.5, 0.6) is 0 Å². The number of nitrogens with zero attached hydrogens (tertiary/aromatic N) is 1. The second-order valence-corrected chi connectivity index (χ2v) is 4.26. The predicted molar refractivity (Wildman–Crippen MR) is 58.7 cm³/mol. The van der Waals surface area contributed by atoms with Gasteiger partial charge < -0.3 is 10.2 Å². The van der Waals surface area contributed by atoms with Crippen LogP contribution in [0.25, 0.3) is 0 Å². The number of imide groups is 1. The van der Waals surface area contributed by atoms with Crippen LogP contribution in [-0.2, 0) is 9.59 Å². The smallest absolute Gasteiger partial charge is 0.322 e. The van der Waals surface area contributed by atoms with Gasteiger partial charge in [-0.05, 0) is 6.42 Å². The molecule has 6 heteroatoms. The Morgan fingerprint density at radius 3 is 2.88 bits per heavy atom. The molecule has 1 unspecified atom stereocenters. The Balaban J connectivity index is 2.00. The zero-order chi connectivity index (χ0) is 12.5. The first-order chi connectivity index (χ1) is 8.07. The molecule has 2 aliphatic heterocycles. The molecule has 1 atom stereocenters. The van der Waals surface area contributed by atoms with E-state index in [-0.39, 0.29) is 24.8 Å². The lowest BCUT2D eigenvalue weighted by atomic mass is 9.99. The first kappa shape index (κ1) is 11.5. The van der Waals surface area contributed by atoms with Crippen molar-refractivity contribution in [3.05, 3.63) is 0 Å². The van der Waals surface area contributed by atoms with Crippen LogP contribution in [0, 0.1) is 12.3 Å². The van der Waals surface area contributed by atoms with Crippen LogP contribution < -0.4 is 10.6 Å². The number of urea groups is 1. The van der Waals surface area contributed by atoms with Gasteiger partial charge in [-0.15, -0.1) is 12.3 Å². The standard InChI is InChI=1S/C11H13N3O3/c1-2-3-4-8(15)14-6-5-11(7-14)9(16)12-10(17)13-11/h1H,3-7H2,(H2,12,13,16,17). The fourth-order valence-electron chi connectivity index (χ4n) is 2.18. The lowest BCUT2D eigenvalue weighted by Crippen LogP contribution is -2.49. The molecule has 0 saturated carbocycles.